The number of aliphatic hydroxyl groups excluding tert-OH is 6. The molecule has 8 fully saturated rings. The van der Waals surface area contributed by atoms with E-state index >= 15 is 0 Å². The summed E-state index contributed by atoms with van der Waals surface area (Å²) in [4.78, 5) is 0. The maximum Gasteiger partial charge on any atom is 0.199 e. The van der Waals surface area contributed by atoms with Crippen molar-refractivity contribution in [1.82, 2.24) is 0 Å². The van der Waals surface area contributed by atoms with Gasteiger partial charge in [0.15, 0.2) is 12.1 Å². The molecule has 0 aromatic heterocycles. The minimum atomic E-state index is -1.49. The van der Waals surface area contributed by atoms with Crippen molar-refractivity contribution in [3.63, 3.8) is 0 Å². The molecule has 8 rings (SSSR count). The van der Waals surface area contributed by atoms with Crippen LogP contribution >= 0.6 is 0 Å². The standard InChI is InChI=1S/C36H58O11/c1-16-12-17-27(31(4,5)43)47-36(46-17)26(16)33(7)21(38)13-35-15-34(35)11-10-22(45-28-25(41)24(40)23(39)18(14-37)44-28)30(2,3)19(34)8-9-20(35)32(33,6)29(36)42/h16-29,37-43H,8-15H2,1-7H3/t16-,17?,18-,19?,20?,21?,22+,23+,24+,25-,26?,27?,28+,29?,32-,33-,34-,35+,36?/m1/s1. The first-order chi connectivity index (χ1) is 21.8. The van der Waals surface area contributed by atoms with Crippen molar-refractivity contribution in [2.45, 2.75) is 166 Å². The van der Waals surface area contributed by atoms with Crippen LogP contribution in [0.4, 0.5) is 0 Å². The first-order valence-corrected chi connectivity index (χ1v) is 18.2. The highest BCUT2D eigenvalue weighted by Crippen LogP contribution is 2.90. The van der Waals surface area contributed by atoms with Crippen LogP contribution in [0.15, 0.2) is 0 Å². The monoisotopic (exact) mass is 666 g/mol. The first-order valence-electron chi connectivity index (χ1n) is 18.2. The van der Waals surface area contributed by atoms with Crippen molar-refractivity contribution in [2.75, 3.05) is 6.61 Å². The van der Waals surface area contributed by atoms with Crippen LogP contribution in [0.3, 0.4) is 0 Å². The molecule has 11 nitrogen and oxygen atoms in total. The Bertz CT molecular complexity index is 1290. The Balaban J connectivity index is 1.11. The lowest BCUT2D eigenvalue weighted by atomic mass is 9.40. The van der Waals surface area contributed by atoms with Gasteiger partial charge in [0.2, 0.25) is 0 Å². The molecule has 0 aromatic carbocycles. The van der Waals surface area contributed by atoms with Crippen LogP contribution in [0.5, 0.6) is 0 Å². The molecule has 0 radical (unpaired) electrons. The third kappa shape index (κ3) is 3.76. The summed E-state index contributed by atoms with van der Waals surface area (Å²) >= 11 is 0. The van der Waals surface area contributed by atoms with Crippen molar-refractivity contribution in [2.24, 2.45) is 50.7 Å². The van der Waals surface area contributed by atoms with Gasteiger partial charge in [-0.3, -0.25) is 0 Å². The molecule has 0 aromatic rings. The van der Waals surface area contributed by atoms with Gasteiger partial charge in [-0.05, 0) is 92.8 Å². The van der Waals surface area contributed by atoms with Crippen molar-refractivity contribution in [1.29, 1.82) is 0 Å². The maximum atomic E-state index is 12.7. The first kappa shape index (κ1) is 33.7. The van der Waals surface area contributed by atoms with Gasteiger partial charge in [-0.25, -0.2) is 0 Å². The van der Waals surface area contributed by atoms with E-state index in [0.29, 0.717) is 19.3 Å². The SMILES string of the molecule is C[C@@H]1CC2OC3(OC2C(C)(C)O)C(O)[C@@]2(C)C4CCC5C(C)(C)[C@@H](O[C@@H]6O[C@H](CO)[C@H](O)[C@H](O)[C@H]6O)CC[C@@]56C[C@@]46CC(O)[C@]2(C)C13. The number of aliphatic hydroxyl groups is 7. The molecule has 3 heterocycles. The molecular weight excluding hydrogens is 608 g/mol. The van der Waals surface area contributed by atoms with Crippen molar-refractivity contribution in [3.05, 3.63) is 0 Å². The molecule has 8 unspecified atom stereocenters. The lowest BCUT2D eigenvalue weighted by molar-refractivity contribution is -0.327. The Hall–Kier alpha value is -0.440. The number of hydrogen-bond donors (Lipinski definition) is 7. The molecule has 268 valence electrons. The topological polar surface area (TPSA) is 179 Å². The smallest absolute Gasteiger partial charge is 0.199 e. The fourth-order valence-corrected chi connectivity index (χ4v) is 14.3. The van der Waals surface area contributed by atoms with E-state index in [-0.39, 0.29) is 52.1 Å². The molecule has 3 saturated heterocycles. The minimum absolute atomic E-state index is 0.0354. The molecule has 2 bridgehead atoms. The van der Waals surface area contributed by atoms with E-state index in [1.54, 1.807) is 13.8 Å². The fraction of sp³-hybridized carbons (Fsp3) is 1.00. The molecule has 5 saturated carbocycles. The molecular formula is C36H58O11. The molecule has 11 heteroatoms. The van der Waals surface area contributed by atoms with Gasteiger partial charge in [-0.15, -0.1) is 0 Å². The number of ether oxygens (including phenoxy) is 4. The highest BCUT2D eigenvalue weighted by molar-refractivity contribution is 5.36. The van der Waals surface area contributed by atoms with E-state index in [9.17, 15) is 35.7 Å². The predicted octanol–water partition coefficient (Wildman–Crippen LogP) is 1.45. The fourth-order valence-electron chi connectivity index (χ4n) is 14.3. The van der Waals surface area contributed by atoms with Crippen molar-refractivity contribution < 1.29 is 54.7 Å². The van der Waals surface area contributed by atoms with E-state index in [1.165, 1.54) is 0 Å². The maximum absolute atomic E-state index is 12.7. The average molecular weight is 667 g/mol. The van der Waals surface area contributed by atoms with E-state index < -0.39 is 77.8 Å². The van der Waals surface area contributed by atoms with Gasteiger partial charge < -0.3 is 54.7 Å². The van der Waals surface area contributed by atoms with Crippen LogP contribution in [0.1, 0.15) is 93.4 Å². The van der Waals surface area contributed by atoms with Crippen molar-refractivity contribution in [3.8, 4) is 0 Å². The number of hydrogen-bond acceptors (Lipinski definition) is 11. The van der Waals surface area contributed by atoms with Gasteiger partial charge in [0.05, 0.1) is 30.5 Å². The molecule has 5 aliphatic carbocycles. The molecule has 7 N–H and O–H groups in total. The molecule has 0 amide bonds. The van der Waals surface area contributed by atoms with Crippen molar-refractivity contribution >= 4 is 0 Å². The highest BCUT2D eigenvalue weighted by atomic mass is 16.8. The van der Waals surface area contributed by atoms with E-state index in [0.717, 1.165) is 25.7 Å². The van der Waals surface area contributed by atoms with Crippen LogP contribution in [-0.4, -0.2) is 115 Å². The van der Waals surface area contributed by atoms with Gasteiger partial charge in [0, 0.05) is 16.7 Å². The van der Waals surface area contributed by atoms with Crippen LogP contribution in [0, 0.1) is 50.7 Å². The summed E-state index contributed by atoms with van der Waals surface area (Å²) in [7, 11) is 0. The van der Waals surface area contributed by atoms with Crippen LogP contribution < -0.4 is 0 Å². The zero-order valence-corrected chi connectivity index (χ0v) is 29.0. The lowest BCUT2D eigenvalue weighted by Crippen LogP contribution is -2.65. The van der Waals surface area contributed by atoms with E-state index in [4.69, 9.17) is 18.9 Å². The summed E-state index contributed by atoms with van der Waals surface area (Å²) in [5.41, 5.74) is -3.01. The number of rotatable bonds is 4. The molecule has 8 aliphatic rings. The van der Waals surface area contributed by atoms with Crippen LogP contribution in [0.25, 0.3) is 0 Å². The summed E-state index contributed by atoms with van der Waals surface area (Å²) in [6, 6.07) is 0. The van der Waals surface area contributed by atoms with E-state index in [1.807, 2.05) is 0 Å². The Kier molecular flexibility index (Phi) is 7.10. The van der Waals surface area contributed by atoms with Gasteiger partial charge in [0.25, 0.3) is 0 Å². The summed E-state index contributed by atoms with van der Waals surface area (Å²) in [6.45, 7) is 14.0. The highest BCUT2D eigenvalue weighted by Gasteiger charge is 2.89. The number of fused-ring (bicyclic) bond motifs is 4. The summed E-state index contributed by atoms with van der Waals surface area (Å²) in [6.07, 6.45) is -3.66. The van der Waals surface area contributed by atoms with Gasteiger partial charge in [-0.2, -0.15) is 0 Å². The minimum Gasteiger partial charge on any atom is -0.394 e. The summed E-state index contributed by atoms with van der Waals surface area (Å²) < 4.78 is 25.7. The molecule has 19 atom stereocenters. The van der Waals surface area contributed by atoms with Crippen LogP contribution in [0.2, 0.25) is 0 Å². The molecule has 3 spiro atoms. The summed E-state index contributed by atoms with van der Waals surface area (Å²) in [5.74, 6) is -0.969. The van der Waals surface area contributed by atoms with Gasteiger partial charge >= 0.3 is 0 Å². The normalized spacial score (nSPS) is 62.2. The van der Waals surface area contributed by atoms with Gasteiger partial charge in [0.1, 0.15) is 36.6 Å². The Morgan fingerprint density at radius 1 is 0.851 bits per heavy atom. The third-order valence-corrected chi connectivity index (χ3v) is 16.3. The summed E-state index contributed by atoms with van der Waals surface area (Å²) in [5, 5.41) is 77.4. The Labute approximate surface area is 277 Å². The quantitative estimate of drug-likeness (QED) is 0.216. The van der Waals surface area contributed by atoms with E-state index in [2.05, 4.69) is 34.6 Å². The largest absolute Gasteiger partial charge is 0.394 e. The van der Waals surface area contributed by atoms with Crippen LogP contribution in [-0.2, 0) is 18.9 Å². The Morgan fingerprint density at radius 2 is 1.53 bits per heavy atom. The van der Waals surface area contributed by atoms with Gasteiger partial charge in [-0.1, -0.05) is 34.6 Å². The molecule has 47 heavy (non-hydrogen) atoms. The second-order valence-electron chi connectivity index (χ2n) is 18.8. The average Bonchev–Trinajstić information content (AvgIpc) is 3.48. The molecule has 3 aliphatic heterocycles. The zero-order chi connectivity index (χ0) is 34.1. The Morgan fingerprint density at radius 3 is 2.19 bits per heavy atom. The predicted molar refractivity (Wildman–Crippen MR) is 166 cm³/mol. The second kappa shape index (κ2) is 9.91. The third-order valence-electron chi connectivity index (χ3n) is 16.3. The second-order valence-corrected chi connectivity index (χ2v) is 18.8. The zero-order valence-electron chi connectivity index (χ0n) is 29.0. The lowest BCUT2D eigenvalue weighted by Gasteiger charge is -2.65.